The molecule has 1 aromatic heterocycles. The summed E-state index contributed by atoms with van der Waals surface area (Å²) in [4.78, 5) is 8.75. The molecule has 0 amide bonds. The summed E-state index contributed by atoms with van der Waals surface area (Å²) in [7, 11) is 2.11. The van der Waals surface area contributed by atoms with Gasteiger partial charge in [0, 0.05) is 26.2 Å². The van der Waals surface area contributed by atoms with Gasteiger partial charge < -0.3 is 14.3 Å². The van der Waals surface area contributed by atoms with Crippen LogP contribution in [0.25, 0.3) is 0 Å². The van der Waals surface area contributed by atoms with Gasteiger partial charge in [-0.2, -0.15) is 4.98 Å². The summed E-state index contributed by atoms with van der Waals surface area (Å²) in [6, 6.07) is 0. The lowest BCUT2D eigenvalue weighted by Gasteiger charge is -2.31. The van der Waals surface area contributed by atoms with Crippen LogP contribution in [0.2, 0.25) is 0 Å². The van der Waals surface area contributed by atoms with Gasteiger partial charge in [-0.25, -0.2) is 0 Å². The number of anilines is 1. The Morgan fingerprint density at radius 3 is 2.88 bits per heavy atom. The van der Waals surface area contributed by atoms with E-state index in [1.807, 2.05) is 0 Å². The average Bonchev–Trinajstić information content (AvgIpc) is 2.79. The maximum absolute atomic E-state index is 5.14. The predicted molar refractivity (Wildman–Crippen MR) is 64.5 cm³/mol. The first-order valence-corrected chi connectivity index (χ1v) is 5.70. The van der Waals surface area contributed by atoms with Gasteiger partial charge in [-0.1, -0.05) is 5.92 Å². The number of piperazine rings is 1. The number of aromatic nitrogens is 2. The molecule has 0 radical (unpaired) electrons. The molecule has 2 heterocycles. The molecular weight excluding hydrogens is 218 g/mol. The van der Waals surface area contributed by atoms with Crippen molar-refractivity contribution < 1.29 is 4.52 Å². The van der Waals surface area contributed by atoms with E-state index in [1.165, 1.54) is 0 Å². The minimum absolute atomic E-state index is 0.506. The van der Waals surface area contributed by atoms with E-state index < -0.39 is 0 Å². The van der Waals surface area contributed by atoms with Crippen LogP contribution in [-0.2, 0) is 6.54 Å². The third kappa shape index (κ3) is 3.19. The van der Waals surface area contributed by atoms with E-state index in [-0.39, 0.29) is 0 Å². The average molecular weight is 235 g/mol. The number of terminal acetylenes is 1. The molecule has 0 aliphatic carbocycles. The first-order chi connectivity index (χ1) is 8.29. The van der Waals surface area contributed by atoms with Crippen LogP contribution in [0.15, 0.2) is 4.52 Å². The normalized spacial score (nSPS) is 17.1. The summed E-state index contributed by atoms with van der Waals surface area (Å²) in [6.45, 7) is 4.95. The van der Waals surface area contributed by atoms with E-state index in [0.717, 1.165) is 26.2 Å². The summed E-state index contributed by atoms with van der Waals surface area (Å²) in [5.74, 6) is 3.75. The van der Waals surface area contributed by atoms with Crippen molar-refractivity contribution >= 4 is 5.95 Å². The molecule has 0 atom stereocenters. The van der Waals surface area contributed by atoms with Crippen LogP contribution in [-0.4, -0.2) is 54.8 Å². The molecule has 0 aromatic carbocycles. The molecule has 1 aromatic rings. The van der Waals surface area contributed by atoms with E-state index in [4.69, 9.17) is 10.9 Å². The zero-order valence-corrected chi connectivity index (χ0v) is 10.0. The Balaban J connectivity index is 1.87. The summed E-state index contributed by atoms with van der Waals surface area (Å²) in [5, 5.41) is 6.99. The highest BCUT2D eigenvalue weighted by Gasteiger charge is 2.18. The van der Waals surface area contributed by atoms with Crippen molar-refractivity contribution in [3.8, 4) is 12.3 Å². The van der Waals surface area contributed by atoms with E-state index in [1.54, 1.807) is 0 Å². The van der Waals surface area contributed by atoms with Crippen molar-refractivity contribution in [2.75, 3.05) is 44.7 Å². The van der Waals surface area contributed by atoms with Crippen molar-refractivity contribution in [2.24, 2.45) is 0 Å². The van der Waals surface area contributed by atoms with Gasteiger partial charge in [-0.05, 0) is 12.2 Å². The Bertz CT molecular complexity index is 389. The van der Waals surface area contributed by atoms with Gasteiger partial charge in [-0.3, -0.25) is 5.32 Å². The third-order valence-electron chi connectivity index (χ3n) is 2.75. The van der Waals surface area contributed by atoms with Gasteiger partial charge in [0.2, 0.25) is 5.89 Å². The molecule has 6 heteroatoms. The van der Waals surface area contributed by atoms with Gasteiger partial charge in [0.25, 0.3) is 5.95 Å². The predicted octanol–water partition coefficient (Wildman–Crippen LogP) is -0.456. The first-order valence-electron chi connectivity index (χ1n) is 5.70. The zero-order chi connectivity index (χ0) is 12.1. The Morgan fingerprint density at radius 2 is 2.18 bits per heavy atom. The first kappa shape index (κ1) is 11.9. The molecule has 0 saturated carbocycles. The second-order valence-corrected chi connectivity index (χ2v) is 4.09. The molecule has 1 aliphatic rings. The zero-order valence-electron chi connectivity index (χ0n) is 10.0. The van der Waals surface area contributed by atoms with Crippen molar-refractivity contribution in [2.45, 2.75) is 6.54 Å². The standard InChI is InChI=1S/C11H17N5O/c1-3-4-12-9-10-13-11(14-17-10)16-7-5-15(2)6-8-16/h1,12H,4-9H2,2H3. The maximum Gasteiger partial charge on any atom is 0.266 e. The van der Waals surface area contributed by atoms with Gasteiger partial charge >= 0.3 is 0 Å². The van der Waals surface area contributed by atoms with E-state index in [0.29, 0.717) is 24.9 Å². The quantitative estimate of drug-likeness (QED) is 0.563. The molecule has 92 valence electrons. The molecule has 1 N–H and O–H groups in total. The fourth-order valence-corrected chi connectivity index (χ4v) is 1.69. The van der Waals surface area contributed by atoms with Crippen molar-refractivity contribution in [1.82, 2.24) is 20.4 Å². The lowest BCUT2D eigenvalue weighted by atomic mass is 10.3. The molecular formula is C11H17N5O. The minimum atomic E-state index is 0.506. The third-order valence-corrected chi connectivity index (χ3v) is 2.75. The molecule has 17 heavy (non-hydrogen) atoms. The van der Waals surface area contributed by atoms with E-state index in [9.17, 15) is 0 Å². The van der Waals surface area contributed by atoms with Crippen LogP contribution in [0.4, 0.5) is 5.95 Å². The number of hydrogen-bond acceptors (Lipinski definition) is 6. The van der Waals surface area contributed by atoms with E-state index >= 15 is 0 Å². The smallest absolute Gasteiger partial charge is 0.266 e. The van der Waals surface area contributed by atoms with Crippen molar-refractivity contribution in [3.05, 3.63) is 5.89 Å². The highest BCUT2D eigenvalue weighted by Crippen LogP contribution is 2.11. The van der Waals surface area contributed by atoms with Gasteiger partial charge in [0.1, 0.15) is 0 Å². The fraction of sp³-hybridized carbons (Fsp3) is 0.636. The van der Waals surface area contributed by atoms with Crippen molar-refractivity contribution in [3.63, 3.8) is 0 Å². The molecule has 0 unspecified atom stereocenters. The molecule has 6 nitrogen and oxygen atoms in total. The number of nitrogens with one attached hydrogen (secondary N) is 1. The van der Waals surface area contributed by atoms with Crippen molar-refractivity contribution in [1.29, 1.82) is 0 Å². The van der Waals surface area contributed by atoms with Gasteiger partial charge in [0.15, 0.2) is 0 Å². The Morgan fingerprint density at radius 1 is 1.41 bits per heavy atom. The molecule has 0 spiro atoms. The summed E-state index contributed by atoms with van der Waals surface area (Å²) >= 11 is 0. The van der Waals surface area contributed by atoms with Crippen LogP contribution < -0.4 is 10.2 Å². The molecule has 2 rings (SSSR count). The Labute approximate surface area is 101 Å². The highest BCUT2D eigenvalue weighted by atomic mass is 16.5. The summed E-state index contributed by atoms with van der Waals surface area (Å²) in [6.07, 6.45) is 5.14. The number of rotatable bonds is 4. The van der Waals surface area contributed by atoms with Crippen LogP contribution in [0.5, 0.6) is 0 Å². The Hall–Kier alpha value is -1.58. The molecule has 1 fully saturated rings. The van der Waals surface area contributed by atoms with Crippen LogP contribution in [0.3, 0.4) is 0 Å². The largest absolute Gasteiger partial charge is 0.336 e. The summed E-state index contributed by atoms with van der Waals surface area (Å²) in [5.41, 5.74) is 0. The van der Waals surface area contributed by atoms with E-state index in [2.05, 4.69) is 38.2 Å². The topological polar surface area (TPSA) is 57.4 Å². The van der Waals surface area contributed by atoms with Gasteiger partial charge in [-0.15, -0.1) is 6.42 Å². The number of hydrogen-bond donors (Lipinski definition) is 1. The highest BCUT2D eigenvalue weighted by molar-refractivity contribution is 5.28. The summed E-state index contributed by atoms with van der Waals surface area (Å²) < 4.78 is 5.14. The monoisotopic (exact) mass is 235 g/mol. The number of nitrogens with zero attached hydrogens (tertiary/aromatic N) is 4. The SMILES string of the molecule is C#CCNCc1nc(N2CCN(C)CC2)no1. The maximum atomic E-state index is 5.14. The van der Waals surface area contributed by atoms with Crippen LogP contribution >= 0.6 is 0 Å². The fourth-order valence-electron chi connectivity index (χ4n) is 1.69. The van der Waals surface area contributed by atoms with Gasteiger partial charge in [0.05, 0.1) is 13.1 Å². The second-order valence-electron chi connectivity index (χ2n) is 4.09. The second kappa shape index (κ2) is 5.66. The Kier molecular flexibility index (Phi) is 3.96. The lowest BCUT2D eigenvalue weighted by molar-refractivity contribution is 0.308. The molecule has 1 aliphatic heterocycles. The van der Waals surface area contributed by atoms with Crippen LogP contribution in [0.1, 0.15) is 5.89 Å². The molecule has 0 bridgehead atoms. The molecule has 1 saturated heterocycles. The van der Waals surface area contributed by atoms with Crippen LogP contribution in [0, 0.1) is 12.3 Å². The minimum Gasteiger partial charge on any atom is -0.336 e. The lowest BCUT2D eigenvalue weighted by Crippen LogP contribution is -2.44. The number of likely N-dealkylation sites (N-methyl/N-ethyl adjacent to an activating group) is 1.